The second-order valence-electron chi connectivity index (χ2n) is 11.9. The number of aliphatic carboxylic acids is 1. The van der Waals surface area contributed by atoms with Crippen LogP contribution in [0.5, 0.6) is 0 Å². The Hall–Kier alpha value is -1.36. The maximum absolute atomic E-state index is 10.3. The molecule has 0 aliphatic carbocycles. The average Bonchev–Trinajstić information content (AvgIpc) is 2.69. The summed E-state index contributed by atoms with van der Waals surface area (Å²) >= 11 is 6.89. The summed E-state index contributed by atoms with van der Waals surface area (Å²) in [6, 6.07) is 15.5. The van der Waals surface area contributed by atoms with Gasteiger partial charge in [-0.15, -0.1) is 0 Å². The molecule has 0 saturated heterocycles. The number of benzene rings is 2. The Morgan fingerprint density at radius 2 is 1.22 bits per heavy atom. The van der Waals surface area contributed by atoms with Crippen LogP contribution in [0.3, 0.4) is 0 Å². The Labute approximate surface area is 237 Å². The van der Waals surface area contributed by atoms with Gasteiger partial charge in [-0.05, 0) is 59.5 Å². The van der Waals surface area contributed by atoms with Crippen LogP contribution < -0.4 is 0 Å². The van der Waals surface area contributed by atoms with E-state index in [9.17, 15) is 4.79 Å². The van der Waals surface area contributed by atoms with E-state index in [4.69, 9.17) is 14.0 Å². The van der Waals surface area contributed by atoms with Gasteiger partial charge in [-0.1, -0.05) is 110 Å². The molecule has 0 heterocycles. The van der Waals surface area contributed by atoms with Crippen molar-refractivity contribution in [2.24, 2.45) is 0 Å². The number of carboxylic acids is 1. The van der Waals surface area contributed by atoms with E-state index in [1.807, 2.05) is 42.5 Å². The maximum atomic E-state index is 10.3. The molecule has 1 N–H and O–H groups in total. The maximum Gasteiger partial charge on any atom is 0.307 e. The van der Waals surface area contributed by atoms with E-state index in [0.717, 1.165) is 20.1 Å². The molecule has 2 rings (SSSR count). The van der Waals surface area contributed by atoms with Crippen molar-refractivity contribution in [1.29, 1.82) is 0 Å². The Kier molecular flexibility index (Phi) is 11.7. The zero-order valence-electron chi connectivity index (χ0n) is 23.3. The molecule has 2 aromatic carbocycles. The summed E-state index contributed by atoms with van der Waals surface area (Å²) in [5.41, 5.74) is 1.88. The molecule has 4 nitrogen and oxygen atoms in total. The third-order valence-corrected chi connectivity index (χ3v) is 16.9. The van der Waals surface area contributed by atoms with Crippen molar-refractivity contribution in [1.82, 2.24) is 0 Å². The normalized spacial score (nSPS) is 12.2. The van der Waals surface area contributed by atoms with Crippen LogP contribution in [-0.4, -0.2) is 27.7 Å². The van der Waals surface area contributed by atoms with E-state index in [1.54, 1.807) is 6.07 Å². The average molecular weight is 659 g/mol. The highest BCUT2D eigenvalue weighted by Gasteiger charge is 2.43. The van der Waals surface area contributed by atoms with Crippen molar-refractivity contribution in [3.63, 3.8) is 0 Å². The molecule has 0 radical (unpaired) electrons. The zero-order chi connectivity index (χ0) is 27.9. The number of carboxylic acid groups (broad SMARTS) is 1. The van der Waals surface area contributed by atoms with Gasteiger partial charge in [0.15, 0.2) is 0 Å². The lowest BCUT2D eigenvalue weighted by atomic mass is 10.2. The Bertz CT molecular complexity index is 1020. The van der Waals surface area contributed by atoms with Gasteiger partial charge in [0, 0.05) is 15.0 Å². The van der Waals surface area contributed by atoms with Crippen molar-refractivity contribution in [3.05, 3.63) is 74.5 Å². The summed E-state index contributed by atoms with van der Waals surface area (Å²) in [4.78, 5) is 10.3. The number of hydrogen-bond acceptors (Lipinski definition) is 3. The van der Waals surface area contributed by atoms with Crippen molar-refractivity contribution in [3.8, 4) is 0 Å². The molecule has 2 aromatic rings. The number of hydrogen-bond donors (Lipinski definition) is 1. The number of carbonyl (C=O) groups is 1. The van der Waals surface area contributed by atoms with Gasteiger partial charge < -0.3 is 14.0 Å². The highest BCUT2D eigenvalue weighted by atomic mass is 79.9. The fourth-order valence-corrected chi connectivity index (χ4v) is 5.14. The van der Waals surface area contributed by atoms with E-state index in [-0.39, 0.29) is 16.5 Å². The molecule has 0 unspecified atom stereocenters. The first-order valence-electron chi connectivity index (χ1n) is 12.1. The Balaban J connectivity index is 0.000000488. The van der Waals surface area contributed by atoms with Crippen molar-refractivity contribution in [2.75, 3.05) is 0 Å². The summed E-state index contributed by atoms with van der Waals surface area (Å²) in [6.45, 7) is 22.5. The van der Waals surface area contributed by atoms with Crippen LogP contribution in [0.2, 0.25) is 36.3 Å². The molecular formula is C28H42Br2O4Si2. The summed E-state index contributed by atoms with van der Waals surface area (Å²) < 4.78 is 15.1. The largest absolute Gasteiger partial charge is 0.520 e. The van der Waals surface area contributed by atoms with Gasteiger partial charge in [0.05, 0.1) is 6.42 Å². The molecular weight excluding hydrogens is 616 g/mol. The molecule has 200 valence electrons. The quantitative estimate of drug-likeness (QED) is 0.238. The van der Waals surface area contributed by atoms with Gasteiger partial charge in [0.1, 0.15) is 0 Å². The lowest BCUT2D eigenvalue weighted by Crippen LogP contribution is -2.45. The molecule has 8 heteroatoms. The minimum absolute atomic E-state index is 0.0709. The number of rotatable bonds is 7. The molecule has 0 aromatic heterocycles. The van der Waals surface area contributed by atoms with Crippen LogP contribution in [0, 0.1) is 0 Å². The highest BCUT2D eigenvalue weighted by Crippen LogP contribution is 2.42. The summed E-state index contributed by atoms with van der Waals surface area (Å²) in [6.07, 6.45) is 2.12. The third-order valence-electron chi connectivity index (χ3n) is 6.80. The second kappa shape index (κ2) is 12.9. The lowest BCUT2D eigenvalue weighted by molar-refractivity contribution is -0.136. The minimum atomic E-state index is -1.98. The smallest absolute Gasteiger partial charge is 0.307 e. The van der Waals surface area contributed by atoms with Crippen molar-refractivity contribution >= 4 is 60.5 Å². The van der Waals surface area contributed by atoms with Gasteiger partial charge >= 0.3 is 5.97 Å². The third kappa shape index (κ3) is 10.2. The molecule has 0 spiro atoms. The topological polar surface area (TPSA) is 55.8 Å². The molecule has 0 aliphatic heterocycles. The van der Waals surface area contributed by atoms with Gasteiger partial charge in [-0.2, -0.15) is 0 Å². The zero-order valence-corrected chi connectivity index (χ0v) is 28.5. The molecule has 0 saturated carbocycles. The first-order chi connectivity index (χ1) is 16.3. The monoisotopic (exact) mass is 656 g/mol. The molecule has 0 fully saturated rings. The van der Waals surface area contributed by atoms with Crippen LogP contribution in [0.25, 0.3) is 6.08 Å². The first kappa shape index (κ1) is 32.7. The second-order valence-corrected chi connectivity index (χ2v) is 23.0. The van der Waals surface area contributed by atoms with Gasteiger partial charge in [-0.25, -0.2) is 0 Å². The van der Waals surface area contributed by atoms with Crippen LogP contribution in [-0.2, 0) is 20.1 Å². The van der Waals surface area contributed by atoms with Crippen molar-refractivity contribution < 1.29 is 18.8 Å². The van der Waals surface area contributed by atoms with Gasteiger partial charge in [0.2, 0.25) is 0 Å². The summed E-state index contributed by atoms with van der Waals surface area (Å²) in [5.74, 6) is -0.137. The molecule has 0 amide bonds. The van der Waals surface area contributed by atoms with E-state index < -0.39 is 22.6 Å². The van der Waals surface area contributed by atoms with Crippen molar-refractivity contribution in [2.45, 2.75) is 84.2 Å². The standard InChI is InChI=1S/C20H35BrO2Si2.C8H7BrO2/c1-19(2,3)24(7,8)22-18(23-25(9,10)20(4,5)6)15-16-13-11-12-14-17(16)21;9-7-4-2-1-3-6(7)5-8(10)11/h11-15H,1-10H3;1-4H,5H2,(H,10,11). The van der Waals surface area contributed by atoms with Crippen LogP contribution in [0.4, 0.5) is 0 Å². The van der Waals surface area contributed by atoms with E-state index in [2.05, 4.69) is 106 Å². The summed E-state index contributed by atoms with van der Waals surface area (Å²) in [7, 11) is -3.97. The molecule has 0 aliphatic rings. The van der Waals surface area contributed by atoms with Crippen LogP contribution >= 0.6 is 31.9 Å². The van der Waals surface area contributed by atoms with E-state index in [1.165, 1.54) is 0 Å². The number of halogens is 2. The van der Waals surface area contributed by atoms with E-state index >= 15 is 0 Å². The highest BCUT2D eigenvalue weighted by molar-refractivity contribution is 9.10. The lowest BCUT2D eigenvalue weighted by Gasteiger charge is -2.41. The molecule has 36 heavy (non-hydrogen) atoms. The molecule has 0 bridgehead atoms. The fourth-order valence-electron chi connectivity index (χ4n) is 2.41. The van der Waals surface area contributed by atoms with E-state index in [0.29, 0.717) is 5.95 Å². The van der Waals surface area contributed by atoms with Crippen LogP contribution in [0.15, 0.2) is 63.4 Å². The minimum Gasteiger partial charge on any atom is -0.520 e. The Morgan fingerprint density at radius 3 is 1.61 bits per heavy atom. The first-order valence-corrected chi connectivity index (χ1v) is 19.5. The predicted molar refractivity (Wildman–Crippen MR) is 164 cm³/mol. The summed E-state index contributed by atoms with van der Waals surface area (Å²) in [5, 5.41) is 8.71. The fraction of sp³-hybridized carbons (Fsp3) is 0.464. The van der Waals surface area contributed by atoms with Gasteiger partial charge in [0.25, 0.3) is 22.6 Å². The molecule has 0 atom stereocenters. The van der Waals surface area contributed by atoms with Crippen LogP contribution in [0.1, 0.15) is 52.7 Å². The SMILES string of the molecule is CC(C)(C)[Si](C)(C)OC(=Cc1ccccc1Br)O[Si](C)(C)C(C)(C)C.O=C(O)Cc1ccccc1Br. The predicted octanol–water partition coefficient (Wildman–Crippen LogP) is 9.87. The Morgan fingerprint density at radius 1 is 0.806 bits per heavy atom. The van der Waals surface area contributed by atoms with Gasteiger partial charge in [-0.3, -0.25) is 4.79 Å².